The van der Waals surface area contributed by atoms with E-state index < -0.39 is 0 Å². The van der Waals surface area contributed by atoms with E-state index in [1.54, 1.807) is 0 Å². The van der Waals surface area contributed by atoms with Crippen molar-refractivity contribution in [3.05, 3.63) is 0 Å². The molecule has 1 atom stereocenters. The van der Waals surface area contributed by atoms with Gasteiger partial charge < -0.3 is 5.73 Å². The van der Waals surface area contributed by atoms with Crippen molar-refractivity contribution >= 4 is 11.8 Å². The lowest BCUT2D eigenvalue weighted by molar-refractivity contribution is 0.683. The molecule has 1 nitrogen and oxygen atoms in total. The average molecular weight is 161 g/mol. The molecule has 1 unspecified atom stereocenters. The van der Waals surface area contributed by atoms with E-state index in [9.17, 15) is 0 Å². The average Bonchev–Trinajstić information content (AvgIpc) is 1.89. The minimum Gasteiger partial charge on any atom is -0.330 e. The third-order valence-corrected chi connectivity index (χ3v) is 2.65. The molecule has 2 N–H and O–H groups in total. The van der Waals surface area contributed by atoms with Crippen LogP contribution in [0.3, 0.4) is 0 Å². The standard InChI is InChI=1S/C8H19NS/c1-3-10-8(2)6-4-5-7-9/h8H,3-7,9H2,1-2H3. The predicted octanol–water partition coefficient (Wildman–Crippen LogP) is 2.26. The summed E-state index contributed by atoms with van der Waals surface area (Å²) in [6.45, 7) is 5.36. The van der Waals surface area contributed by atoms with E-state index in [2.05, 4.69) is 13.8 Å². The van der Waals surface area contributed by atoms with Gasteiger partial charge in [-0.1, -0.05) is 20.3 Å². The van der Waals surface area contributed by atoms with Gasteiger partial charge in [0.1, 0.15) is 0 Å². The second kappa shape index (κ2) is 7.42. The summed E-state index contributed by atoms with van der Waals surface area (Å²) >= 11 is 2.04. The lowest BCUT2D eigenvalue weighted by Crippen LogP contribution is -2.01. The van der Waals surface area contributed by atoms with Gasteiger partial charge in [0.05, 0.1) is 0 Å². The Morgan fingerprint density at radius 3 is 2.60 bits per heavy atom. The van der Waals surface area contributed by atoms with Crippen LogP contribution in [0.1, 0.15) is 33.1 Å². The molecule has 0 saturated heterocycles. The Bertz CT molecular complexity index is 66.3. The Morgan fingerprint density at radius 1 is 1.40 bits per heavy atom. The zero-order valence-electron chi connectivity index (χ0n) is 7.10. The van der Waals surface area contributed by atoms with Gasteiger partial charge in [-0.25, -0.2) is 0 Å². The molecule has 0 aromatic heterocycles. The van der Waals surface area contributed by atoms with Crippen molar-refractivity contribution < 1.29 is 0 Å². The van der Waals surface area contributed by atoms with Crippen LogP contribution in [0.2, 0.25) is 0 Å². The van der Waals surface area contributed by atoms with Gasteiger partial charge >= 0.3 is 0 Å². The molecule has 0 aliphatic carbocycles. The molecule has 0 aliphatic heterocycles. The first kappa shape index (κ1) is 10.3. The summed E-state index contributed by atoms with van der Waals surface area (Å²) in [5.74, 6) is 1.24. The minimum absolute atomic E-state index is 0.830. The van der Waals surface area contributed by atoms with Gasteiger partial charge in [0, 0.05) is 5.25 Å². The monoisotopic (exact) mass is 161 g/mol. The molecular formula is C8H19NS. The van der Waals surface area contributed by atoms with Crippen molar-refractivity contribution in [2.24, 2.45) is 5.73 Å². The van der Waals surface area contributed by atoms with Crippen LogP contribution in [0.25, 0.3) is 0 Å². The maximum Gasteiger partial charge on any atom is 0.00186 e. The van der Waals surface area contributed by atoms with Gasteiger partial charge in [0.15, 0.2) is 0 Å². The number of rotatable bonds is 6. The Kier molecular flexibility index (Phi) is 7.65. The Balaban J connectivity index is 2.97. The van der Waals surface area contributed by atoms with Crippen LogP contribution in [0.5, 0.6) is 0 Å². The van der Waals surface area contributed by atoms with Gasteiger partial charge in [0.2, 0.25) is 0 Å². The molecular weight excluding hydrogens is 142 g/mol. The van der Waals surface area contributed by atoms with Crippen molar-refractivity contribution in [3.8, 4) is 0 Å². The van der Waals surface area contributed by atoms with Crippen LogP contribution in [-0.2, 0) is 0 Å². The molecule has 0 heterocycles. The van der Waals surface area contributed by atoms with Crippen LogP contribution < -0.4 is 5.73 Å². The number of nitrogens with two attached hydrogens (primary N) is 1. The first-order chi connectivity index (χ1) is 4.81. The van der Waals surface area contributed by atoms with Crippen molar-refractivity contribution in [1.82, 2.24) is 0 Å². The van der Waals surface area contributed by atoms with E-state index in [1.165, 1.54) is 25.0 Å². The molecule has 0 fully saturated rings. The van der Waals surface area contributed by atoms with E-state index in [0.29, 0.717) is 0 Å². The first-order valence-corrected chi connectivity index (χ1v) is 5.17. The third kappa shape index (κ3) is 6.43. The Hall–Kier alpha value is 0.310. The van der Waals surface area contributed by atoms with Gasteiger partial charge in [-0.2, -0.15) is 11.8 Å². The van der Waals surface area contributed by atoms with E-state index >= 15 is 0 Å². The van der Waals surface area contributed by atoms with E-state index in [1.807, 2.05) is 11.8 Å². The molecule has 0 bridgehead atoms. The van der Waals surface area contributed by atoms with Gasteiger partial charge in [-0.15, -0.1) is 0 Å². The Labute approximate surface area is 68.8 Å². The summed E-state index contributed by atoms with van der Waals surface area (Å²) in [6, 6.07) is 0. The summed E-state index contributed by atoms with van der Waals surface area (Å²) in [7, 11) is 0. The van der Waals surface area contributed by atoms with Crippen LogP contribution in [0.15, 0.2) is 0 Å². The van der Waals surface area contributed by atoms with Crippen LogP contribution >= 0.6 is 11.8 Å². The highest BCUT2D eigenvalue weighted by Gasteiger charge is 1.98. The first-order valence-electron chi connectivity index (χ1n) is 4.13. The summed E-state index contributed by atoms with van der Waals surface area (Å²) in [6.07, 6.45) is 3.81. The predicted molar refractivity (Wildman–Crippen MR) is 50.5 cm³/mol. The van der Waals surface area contributed by atoms with Gasteiger partial charge in [-0.3, -0.25) is 0 Å². The maximum atomic E-state index is 5.38. The molecule has 0 spiro atoms. The Morgan fingerprint density at radius 2 is 2.10 bits per heavy atom. The number of hydrogen-bond donors (Lipinski definition) is 1. The molecule has 10 heavy (non-hydrogen) atoms. The fourth-order valence-electron chi connectivity index (χ4n) is 0.944. The SMILES string of the molecule is CCSC(C)CCCCN. The minimum atomic E-state index is 0.830. The van der Waals surface area contributed by atoms with Crippen molar-refractivity contribution in [2.75, 3.05) is 12.3 Å². The highest BCUT2D eigenvalue weighted by atomic mass is 32.2. The normalized spacial score (nSPS) is 13.5. The van der Waals surface area contributed by atoms with Crippen LogP contribution in [0.4, 0.5) is 0 Å². The molecule has 2 heteroatoms. The van der Waals surface area contributed by atoms with E-state index in [-0.39, 0.29) is 0 Å². The summed E-state index contributed by atoms with van der Waals surface area (Å²) < 4.78 is 0. The number of unbranched alkanes of at least 4 members (excludes halogenated alkanes) is 1. The summed E-state index contributed by atoms with van der Waals surface area (Å²) in [4.78, 5) is 0. The quantitative estimate of drug-likeness (QED) is 0.605. The zero-order chi connectivity index (χ0) is 7.82. The number of thioether (sulfide) groups is 1. The van der Waals surface area contributed by atoms with Gasteiger partial charge in [-0.05, 0) is 25.1 Å². The molecule has 0 amide bonds. The molecule has 0 rings (SSSR count). The second-order valence-corrected chi connectivity index (χ2v) is 4.27. The summed E-state index contributed by atoms with van der Waals surface area (Å²) in [5.41, 5.74) is 5.38. The highest BCUT2D eigenvalue weighted by molar-refractivity contribution is 7.99. The molecule has 0 radical (unpaired) electrons. The molecule has 0 aromatic rings. The summed E-state index contributed by atoms with van der Waals surface area (Å²) in [5, 5.41) is 0.830. The van der Waals surface area contributed by atoms with Crippen LogP contribution in [0, 0.1) is 0 Å². The second-order valence-electron chi connectivity index (χ2n) is 2.55. The lowest BCUT2D eigenvalue weighted by Gasteiger charge is -2.07. The fraction of sp³-hybridized carbons (Fsp3) is 1.00. The zero-order valence-corrected chi connectivity index (χ0v) is 7.91. The number of hydrogen-bond acceptors (Lipinski definition) is 2. The van der Waals surface area contributed by atoms with E-state index in [0.717, 1.165) is 11.8 Å². The molecule has 0 aromatic carbocycles. The van der Waals surface area contributed by atoms with Crippen LogP contribution in [-0.4, -0.2) is 17.5 Å². The molecule has 62 valence electrons. The molecule has 0 aliphatic rings. The van der Waals surface area contributed by atoms with Crippen molar-refractivity contribution in [2.45, 2.75) is 38.4 Å². The molecule has 0 saturated carbocycles. The smallest absolute Gasteiger partial charge is 0.00186 e. The maximum absolute atomic E-state index is 5.38. The fourth-order valence-corrected chi connectivity index (χ4v) is 1.85. The third-order valence-electron chi connectivity index (χ3n) is 1.52. The van der Waals surface area contributed by atoms with Gasteiger partial charge in [0.25, 0.3) is 0 Å². The topological polar surface area (TPSA) is 26.0 Å². The van der Waals surface area contributed by atoms with Crippen molar-refractivity contribution in [1.29, 1.82) is 0 Å². The largest absolute Gasteiger partial charge is 0.330 e. The van der Waals surface area contributed by atoms with E-state index in [4.69, 9.17) is 5.73 Å². The highest BCUT2D eigenvalue weighted by Crippen LogP contribution is 2.15. The van der Waals surface area contributed by atoms with Crippen molar-refractivity contribution in [3.63, 3.8) is 0 Å². The lowest BCUT2D eigenvalue weighted by atomic mass is 10.2.